The zero-order chi connectivity index (χ0) is 17.2. The average molecular weight is 354 g/mol. The van der Waals surface area contributed by atoms with Crippen LogP contribution in [0.1, 0.15) is 53.5 Å². The van der Waals surface area contributed by atoms with E-state index in [0.29, 0.717) is 5.89 Å². The molecule has 0 saturated carbocycles. The van der Waals surface area contributed by atoms with E-state index in [0.717, 1.165) is 43.9 Å². The third kappa shape index (κ3) is 3.37. The molecule has 4 rings (SSSR count). The summed E-state index contributed by atoms with van der Waals surface area (Å²) in [6.45, 7) is 5.86. The van der Waals surface area contributed by atoms with Crippen molar-refractivity contribution >= 4 is 11.3 Å². The number of hydrogen-bond donors (Lipinski definition) is 0. The van der Waals surface area contributed by atoms with Crippen molar-refractivity contribution in [3.63, 3.8) is 0 Å². The van der Waals surface area contributed by atoms with Gasteiger partial charge in [-0.3, -0.25) is 4.90 Å². The van der Waals surface area contributed by atoms with E-state index in [2.05, 4.69) is 51.7 Å². The normalized spacial score (nSPS) is 17.6. The van der Waals surface area contributed by atoms with Gasteiger partial charge in [-0.15, -0.1) is 21.5 Å². The molecule has 0 amide bonds. The second kappa shape index (κ2) is 7.06. The molecule has 0 saturated heterocycles. The Bertz CT molecular complexity index is 856. The van der Waals surface area contributed by atoms with Crippen molar-refractivity contribution in [2.75, 3.05) is 0 Å². The summed E-state index contributed by atoms with van der Waals surface area (Å²) in [6, 6.07) is 8.73. The zero-order valence-electron chi connectivity index (χ0n) is 14.6. The van der Waals surface area contributed by atoms with Crippen LogP contribution in [0.5, 0.6) is 0 Å². The van der Waals surface area contributed by atoms with Gasteiger partial charge in [-0.05, 0) is 24.0 Å². The Hall–Kier alpha value is -2.05. The number of rotatable bonds is 5. The summed E-state index contributed by atoms with van der Waals surface area (Å²) in [6.07, 6.45) is 2.65. The molecule has 3 aromatic rings. The summed E-state index contributed by atoms with van der Waals surface area (Å²) >= 11 is 1.74. The molecule has 3 heterocycles. The van der Waals surface area contributed by atoms with Gasteiger partial charge in [0.25, 0.3) is 0 Å². The second-order valence-electron chi connectivity index (χ2n) is 6.37. The zero-order valence-corrected chi connectivity index (χ0v) is 15.4. The van der Waals surface area contributed by atoms with E-state index in [1.54, 1.807) is 11.3 Å². The van der Waals surface area contributed by atoms with Crippen LogP contribution in [0, 0.1) is 0 Å². The molecule has 1 aliphatic rings. The number of nitrogens with zero attached hydrogens (tertiary/aromatic N) is 4. The first kappa shape index (κ1) is 16.4. The lowest BCUT2D eigenvalue weighted by atomic mass is 9.94. The van der Waals surface area contributed by atoms with Gasteiger partial charge in [0.1, 0.15) is 0 Å². The van der Waals surface area contributed by atoms with Gasteiger partial charge in [0.15, 0.2) is 0 Å². The highest BCUT2D eigenvalue weighted by Crippen LogP contribution is 2.34. The number of aromatic nitrogens is 3. The molecule has 1 unspecified atom stereocenters. The molecule has 130 valence electrons. The van der Waals surface area contributed by atoms with Gasteiger partial charge >= 0.3 is 0 Å². The second-order valence-corrected chi connectivity index (χ2v) is 7.31. The molecule has 5 nitrogen and oxygen atoms in total. The lowest BCUT2D eigenvalue weighted by Crippen LogP contribution is -2.34. The maximum absolute atomic E-state index is 5.90. The lowest BCUT2D eigenvalue weighted by Gasteiger charge is -2.34. The molecule has 0 fully saturated rings. The Labute approximate surface area is 151 Å². The van der Waals surface area contributed by atoms with Gasteiger partial charge in [-0.2, -0.15) is 0 Å². The van der Waals surface area contributed by atoms with Gasteiger partial charge in [-0.25, -0.2) is 4.98 Å². The molecule has 0 bridgehead atoms. The Morgan fingerprint density at radius 2 is 2.00 bits per heavy atom. The SMILES string of the molecule is CCc1nnc(C2Cc3ccccc3CN2Cc2csc(CC)n2)o1. The number of aryl methyl sites for hydroxylation is 2. The average Bonchev–Trinajstić information content (AvgIpc) is 3.30. The van der Waals surface area contributed by atoms with Gasteiger partial charge < -0.3 is 4.42 Å². The highest BCUT2D eigenvalue weighted by molar-refractivity contribution is 7.09. The minimum atomic E-state index is 0.106. The molecular weight excluding hydrogens is 332 g/mol. The van der Waals surface area contributed by atoms with Crippen LogP contribution in [0.2, 0.25) is 0 Å². The van der Waals surface area contributed by atoms with E-state index < -0.39 is 0 Å². The molecule has 0 N–H and O–H groups in total. The highest BCUT2D eigenvalue weighted by atomic mass is 32.1. The minimum Gasteiger partial charge on any atom is -0.424 e. The fourth-order valence-corrected chi connectivity index (χ4v) is 4.06. The molecule has 6 heteroatoms. The van der Waals surface area contributed by atoms with Crippen molar-refractivity contribution in [2.45, 2.75) is 52.2 Å². The van der Waals surface area contributed by atoms with Crippen molar-refractivity contribution in [3.8, 4) is 0 Å². The van der Waals surface area contributed by atoms with Crippen molar-refractivity contribution in [1.29, 1.82) is 0 Å². The van der Waals surface area contributed by atoms with Crippen LogP contribution in [-0.2, 0) is 32.4 Å². The predicted octanol–water partition coefficient (Wildman–Crippen LogP) is 3.95. The van der Waals surface area contributed by atoms with Crippen LogP contribution in [-0.4, -0.2) is 20.1 Å². The van der Waals surface area contributed by atoms with E-state index in [-0.39, 0.29) is 6.04 Å². The number of benzene rings is 1. The highest BCUT2D eigenvalue weighted by Gasteiger charge is 2.31. The molecule has 1 atom stereocenters. The van der Waals surface area contributed by atoms with Crippen LogP contribution in [0.15, 0.2) is 34.1 Å². The Morgan fingerprint density at radius 1 is 1.16 bits per heavy atom. The molecular formula is C19H22N4OS. The summed E-state index contributed by atoms with van der Waals surface area (Å²) in [5.74, 6) is 1.42. The number of hydrogen-bond acceptors (Lipinski definition) is 6. The van der Waals surface area contributed by atoms with Crippen molar-refractivity contribution in [3.05, 3.63) is 63.3 Å². The Morgan fingerprint density at radius 3 is 2.72 bits per heavy atom. The largest absolute Gasteiger partial charge is 0.424 e. The molecule has 1 aliphatic heterocycles. The first-order chi connectivity index (χ1) is 12.3. The fourth-order valence-electron chi connectivity index (χ4n) is 3.32. The number of fused-ring (bicyclic) bond motifs is 1. The van der Waals surface area contributed by atoms with E-state index in [1.807, 2.05) is 6.92 Å². The van der Waals surface area contributed by atoms with E-state index in [4.69, 9.17) is 9.40 Å². The van der Waals surface area contributed by atoms with Crippen molar-refractivity contribution in [1.82, 2.24) is 20.1 Å². The maximum Gasteiger partial charge on any atom is 0.233 e. The summed E-state index contributed by atoms with van der Waals surface area (Å²) in [4.78, 5) is 7.15. The summed E-state index contributed by atoms with van der Waals surface area (Å²) in [5, 5.41) is 11.8. The number of thiazole rings is 1. The maximum atomic E-state index is 5.90. The molecule has 1 aromatic carbocycles. The fraction of sp³-hybridized carbons (Fsp3) is 0.421. The topological polar surface area (TPSA) is 55.1 Å². The van der Waals surface area contributed by atoms with Crippen LogP contribution < -0.4 is 0 Å². The van der Waals surface area contributed by atoms with Crippen LogP contribution in [0.25, 0.3) is 0 Å². The standard InChI is InChI=1S/C19H22N4OS/c1-3-17-21-22-19(24-17)16-9-13-7-5-6-8-14(13)10-23(16)11-15-12-25-18(4-2)20-15/h5-8,12,16H,3-4,9-11H2,1-2H3. The molecule has 0 spiro atoms. The van der Waals surface area contributed by atoms with E-state index in [9.17, 15) is 0 Å². The van der Waals surface area contributed by atoms with E-state index >= 15 is 0 Å². The van der Waals surface area contributed by atoms with E-state index in [1.165, 1.54) is 16.1 Å². The minimum absolute atomic E-state index is 0.106. The Kier molecular flexibility index (Phi) is 4.63. The molecule has 25 heavy (non-hydrogen) atoms. The van der Waals surface area contributed by atoms with Crippen LogP contribution in [0.4, 0.5) is 0 Å². The van der Waals surface area contributed by atoms with Gasteiger partial charge in [0, 0.05) is 24.9 Å². The van der Waals surface area contributed by atoms with Gasteiger partial charge in [0.05, 0.1) is 16.7 Å². The van der Waals surface area contributed by atoms with Crippen molar-refractivity contribution < 1.29 is 4.42 Å². The monoisotopic (exact) mass is 354 g/mol. The molecule has 0 aliphatic carbocycles. The smallest absolute Gasteiger partial charge is 0.233 e. The lowest BCUT2D eigenvalue weighted by molar-refractivity contribution is 0.135. The van der Waals surface area contributed by atoms with Gasteiger partial charge in [0.2, 0.25) is 11.8 Å². The molecule has 0 radical (unpaired) electrons. The van der Waals surface area contributed by atoms with Gasteiger partial charge in [-0.1, -0.05) is 38.1 Å². The van der Waals surface area contributed by atoms with Crippen LogP contribution in [0.3, 0.4) is 0 Å². The first-order valence-corrected chi connectivity index (χ1v) is 9.71. The quantitative estimate of drug-likeness (QED) is 0.694. The third-order valence-corrected chi connectivity index (χ3v) is 5.72. The third-order valence-electron chi connectivity index (χ3n) is 4.68. The predicted molar refractivity (Wildman–Crippen MR) is 97.3 cm³/mol. The summed E-state index contributed by atoms with van der Waals surface area (Å²) in [5.41, 5.74) is 3.87. The van der Waals surface area contributed by atoms with Crippen LogP contribution >= 0.6 is 11.3 Å². The summed E-state index contributed by atoms with van der Waals surface area (Å²) in [7, 11) is 0. The molecule has 2 aromatic heterocycles. The summed E-state index contributed by atoms with van der Waals surface area (Å²) < 4.78 is 5.90. The van der Waals surface area contributed by atoms with Crippen molar-refractivity contribution in [2.24, 2.45) is 0 Å². The first-order valence-electron chi connectivity index (χ1n) is 8.83. The Balaban J connectivity index is 1.64.